The van der Waals surface area contributed by atoms with Gasteiger partial charge >= 0.3 is 0 Å². The summed E-state index contributed by atoms with van der Waals surface area (Å²) in [7, 11) is 0. The van der Waals surface area contributed by atoms with Gasteiger partial charge in [-0.1, -0.05) is 5.16 Å². The van der Waals surface area contributed by atoms with E-state index in [1.807, 2.05) is 6.20 Å². The molecule has 6 nitrogen and oxygen atoms in total. The average molecular weight is 340 g/mol. The summed E-state index contributed by atoms with van der Waals surface area (Å²) < 4.78 is 7.17. The summed E-state index contributed by atoms with van der Waals surface area (Å²) in [5, 5.41) is 8.67. The van der Waals surface area contributed by atoms with Crippen molar-refractivity contribution in [1.82, 2.24) is 19.8 Å². The third kappa shape index (κ3) is 2.92. The molecular formula is C19H24N4O2. The molecule has 0 amide bonds. The van der Waals surface area contributed by atoms with E-state index < -0.39 is 0 Å². The topological polar surface area (TPSA) is 64.2 Å². The zero-order chi connectivity index (χ0) is 16.8. The summed E-state index contributed by atoms with van der Waals surface area (Å²) in [5.41, 5.74) is 3.56. The van der Waals surface area contributed by atoms with Crippen molar-refractivity contribution >= 4 is 0 Å². The van der Waals surface area contributed by atoms with Crippen molar-refractivity contribution in [1.29, 1.82) is 0 Å². The number of rotatable bonds is 5. The van der Waals surface area contributed by atoms with Crippen LogP contribution in [0.1, 0.15) is 60.6 Å². The van der Waals surface area contributed by atoms with Crippen molar-refractivity contribution in [2.45, 2.75) is 70.0 Å². The van der Waals surface area contributed by atoms with Crippen LogP contribution in [-0.2, 0) is 25.9 Å². The normalized spacial score (nSPS) is 23.3. The molecule has 2 fully saturated rings. The van der Waals surface area contributed by atoms with Crippen molar-refractivity contribution in [3.8, 4) is 0 Å². The first-order chi connectivity index (χ1) is 12.3. The highest BCUT2D eigenvalue weighted by Crippen LogP contribution is 2.42. The Balaban J connectivity index is 1.33. The molecule has 0 aromatic carbocycles. The van der Waals surface area contributed by atoms with E-state index in [1.165, 1.54) is 24.8 Å². The fraction of sp³-hybridized carbons (Fsp3) is 0.632. The largest absolute Gasteiger partial charge is 0.361 e. The van der Waals surface area contributed by atoms with Crippen molar-refractivity contribution in [2.24, 2.45) is 0 Å². The van der Waals surface area contributed by atoms with Crippen LogP contribution in [0.4, 0.5) is 0 Å². The van der Waals surface area contributed by atoms with Gasteiger partial charge in [-0.2, -0.15) is 5.10 Å². The van der Waals surface area contributed by atoms with E-state index in [9.17, 15) is 4.79 Å². The molecule has 0 bridgehead atoms. The van der Waals surface area contributed by atoms with Crippen LogP contribution in [0.2, 0.25) is 0 Å². The zero-order valence-corrected chi connectivity index (χ0v) is 14.5. The van der Waals surface area contributed by atoms with E-state index in [2.05, 4.69) is 15.2 Å². The Kier molecular flexibility index (Phi) is 3.73. The predicted molar refractivity (Wildman–Crippen MR) is 92.4 cm³/mol. The molecule has 1 atom stereocenters. The van der Waals surface area contributed by atoms with E-state index >= 15 is 0 Å². The molecule has 3 heterocycles. The number of aryl methyl sites for hydroxylation is 2. The minimum absolute atomic E-state index is 0.0520. The zero-order valence-electron chi connectivity index (χ0n) is 14.5. The Morgan fingerprint density at radius 2 is 2.12 bits per heavy atom. The molecule has 132 valence electrons. The number of fused-ring (bicyclic) bond motifs is 1. The molecule has 25 heavy (non-hydrogen) atoms. The van der Waals surface area contributed by atoms with Gasteiger partial charge in [-0.25, -0.2) is 4.68 Å². The maximum absolute atomic E-state index is 12.4. The number of hydrogen-bond donors (Lipinski definition) is 0. The van der Waals surface area contributed by atoms with Crippen LogP contribution in [0, 0.1) is 0 Å². The molecule has 0 N–H and O–H groups in total. The van der Waals surface area contributed by atoms with E-state index in [-0.39, 0.29) is 5.56 Å². The Morgan fingerprint density at radius 3 is 3.00 bits per heavy atom. The highest BCUT2D eigenvalue weighted by Gasteiger charge is 2.33. The second-order valence-corrected chi connectivity index (χ2v) is 7.75. The molecule has 5 rings (SSSR count). The van der Waals surface area contributed by atoms with E-state index in [4.69, 9.17) is 4.52 Å². The average Bonchev–Trinajstić information content (AvgIpc) is 2.98. The molecule has 2 aliphatic carbocycles. The second-order valence-electron chi connectivity index (χ2n) is 7.75. The first-order valence-electron chi connectivity index (χ1n) is 9.55. The smallest absolute Gasteiger partial charge is 0.267 e. The number of aromatic nitrogens is 3. The van der Waals surface area contributed by atoms with Crippen LogP contribution in [0.15, 0.2) is 21.6 Å². The minimum atomic E-state index is 0.0520. The maximum atomic E-state index is 12.4. The molecule has 0 spiro atoms. The summed E-state index contributed by atoms with van der Waals surface area (Å²) >= 11 is 0. The van der Waals surface area contributed by atoms with Crippen molar-refractivity contribution in [3.05, 3.63) is 45.2 Å². The van der Waals surface area contributed by atoms with Gasteiger partial charge in [0.15, 0.2) is 0 Å². The lowest BCUT2D eigenvalue weighted by atomic mass is 10.1. The molecule has 1 saturated carbocycles. The summed E-state index contributed by atoms with van der Waals surface area (Å²) in [6, 6.07) is 2.17. The van der Waals surface area contributed by atoms with Crippen LogP contribution in [0.3, 0.4) is 0 Å². The Hall–Kier alpha value is -1.95. The summed E-state index contributed by atoms with van der Waals surface area (Å²) in [4.78, 5) is 14.9. The molecule has 3 aliphatic rings. The van der Waals surface area contributed by atoms with Crippen LogP contribution in [0.25, 0.3) is 0 Å². The standard InChI is InChI=1S/C19H24N4O2/c24-18-9-14-3-1-5-17(14)21-23(18)12-16-4-2-8-22(16)11-15-10-20-25-19(15)13-6-7-13/h9-10,13,16H,1-8,11-12H2. The van der Waals surface area contributed by atoms with E-state index in [0.29, 0.717) is 18.5 Å². The molecule has 1 unspecified atom stereocenters. The molecule has 1 saturated heterocycles. The van der Waals surface area contributed by atoms with Crippen LogP contribution >= 0.6 is 0 Å². The third-order valence-electron chi connectivity index (χ3n) is 5.90. The highest BCUT2D eigenvalue weighted by molar-refractivity contribution is 5.23. The number of nitrogens with zero attached hydrogens (tertiary/aromatic N) is 4. The van der Waals surface area contributed by atoms with Gasteiger partial charge in [0.05, 0.1) is 18.4 Å². The Bertz CT molecular complexity index is 836. The monoisotopic (exact) mass is 340 g/mol. The molecule has 0 radical (unpaired) electrons. The van der Waals surface area contributed by atoms with Gasteiger partial charge < -0.3 is 4.52 Å². The predicted octanol–water partition coefficient (Wildman–Crippen LogP) is 2.26. The minimum Gasteiger partial charge on any atom is -0.361 e. The van der Waals surface area contributed by atoms with Gasteiger partial charge in [-0.05, 0) is 57.1 Å². The van der Waals surface area contributed by atoms with E-state index in [0.717, 1.165) is 55.8 Å². The highest BCUT2D eigenvalue weighted by atomic mass is 16.5. The van der Waals surface area contributed by atoms with E-state index in [1.54, 1.807) is 10.7 Å². The fourth-order valence-electron chi connectivity index (χ4n) is 4.37. The molecule has 6 heteroatoms. The van der Waals surface area contributed by atoms with Gasteiger partial charge in [0.1, 0.15) is 5.76 Å². The first kappa shape index (κ1) is 15.3. The maximum Gasteiger partial charge on any atom is 0.267 e. The third-order valence-corrected chi connectivity index (χ3v) is 5.90. The van der Waals surface area contributed by atoms with Gasteiger partial charge in [0.25, 0.3) is 5.56 Å². The number of hydrogen-bond acceptors (Lipinski definition) is 5. The Morgan fingerprint density at radius 1 is 1.20 bits per heavy atom. The molecule has 1 aliphatic heterocycles. The SMILES string of the molecule is O=c1cc2c(nn1CC1CCCN1Cc1cnoc1C1CC1)CCC2. The number of likely N-dealkylation sites (tertiary alicyclic amines) is 1. The van der Waals surface area contributed by atoms with Crippen molar-refractivity contribution in [2.75, 3.05) is 6.54 Å². The quantitative estimate of drug-likeness (QED) is 0.835. The molecular weight excluding hydrogens is 316 g/mol. The fourth-order valence-corrected chi connectivity index (χ4v) is 4.37. The van der Waals surface area contributed by atoms with Crippen molar-refractivity contribution in [3.63, 3.8) is 0 Å². The van der Waals surface area contributed by atoms with Crippen molar-refractivity contribution < 1.29 is 4.52 Å². The van der Waals surface area contributed by atoms with Gasteiger partial charge in [-0.3, -0.25) is 9.69 Å². The van der Waals surface area contributed by atoms with Crippen LogP contribution < -0.4 is 5.56 Å². The summed E-state index contributed by atoms with van der Waals surface area (Å²) in [6.07, 6.45) is 9.76. The summed E-state index contributed by atoms with van der Waals surface area (Å²) in [5.74, 6) is 1.66. The molecule has 2 aromatic rings. The van der Waals surface area contributed by atoms with Gasteiger partial charge in [0.2, 0.25) is 0 Å². The lowest BCUT2D eigenvalue weighted by Crippen LogP contribution is -2.37. The Labute approximate surface area is 146 Å². The lowest BCUT2D eigenvalue weighted by Gasteiger charge is -2.24. The first-order valence-corrected chi connectivity index (χ1v) is 9.55. The van der Waals surface area contributed by atoms with Crippen LogP contribution in [-0.4, -0.2) is 32.4 Å². The summed E-state index contributed by atoms with van der Waals surface area (Å²) in [6.45, 7) is 2.63. The molecule has 2 aromatic heterocycles. The van der Waals surface area contributed by atoms with Gasteiger partial charge in [0, 0.05) is 30.1 Å². The second kappa shape index (κ2) is 6.09. The van der Waals surface area contributed by atoms with Gasteiger partial charge in [-0.15, -0.1) is 0 Å². The van der Waals surface area contributed by atoms with Crippen LogP contribution in [0.5, 0.6) is 0 Å². The lowest BCUT2D eigenvalue weighted by molar-refractivity contribution is 0.214.